The highest BCUT2D eigenvalue weighted by atomic mass is 16.5. The van der Waals surface area contributed by atoms with Crippen LogP contribution in [-0.4, -0.2) is 50.6 Å². The largest absolute Gasteiger partial charge is 0.383 e. The number of para-hydroxylation sites is 2. The van der Waals surface area contributed by atoms with Crippen LogP contribution in [-0.2, 0) is 11.3 Å². The van der Waals surface area contributed by atoms with Crippen LogP contribution in [0.1, 0.15) is 41.5 Å². The SMILES string of the molecule is COCCn1c(=O)[nH]c2cc(C(=O)N3CCCCC3c3nc4ccccc4[nH]3)ccc21. The molecule has 8 heteroatoms. The van der Waals surface area contributed by atoms with Crippen molar-refractivity contribution in [2.24, 2.45) is 0 Å². The molecule has 1 atom stereocenters. The standard InChI is InChI=1S/C23H25N5O3/c1-31-13-12-28-19-10-9-15(14-18(19)26-23(28)30)22(29)27-11-5-4-8-20(27)21-24-16-6-2-3-7-17(16)25-21/h2-3,6-7,9-10,14,20H,4-5,8,11-13H2,1H3,(H,24,25)(H,26,30). The number of rotatable bonds is 5. The van der Waals surface area contributed by atoms with Gasteiger partial charge in [0.25, 0.3) is 5.91 Å². The first-order valence-electron chi connectivity index (χ1n) is 10.6. The van der Waals surface area contributed by atoms with Crippen LogP contribution in [0.15, 0.2) is 47.3 Å². The molecule has 1 amide bonds. The third kappa shape index (κ3) is 3.53. The number of hydrogen-bond acceptors (Lipinski definition) is 4. The van der Waals surface area contributed by atoms with Gasteiger partial charge >= 0.3 is 5.69 Å². The molecule has 4 aromatic rings. The van der Waals surface area contributed by atoms with Gasteiger partial charge in [-0.3, -0.25) is 9.36 Å². The van der Waals surface area contributed by atoms with Gasteiger partial charge in [-0.2, -0.15) is 0 Å². The lowest BCUT2D eigenvalue weighted by molar-refractivity contribution is 0.0601. The van der Waals surface area contributed by atoms with Crippen LogP contribution in [0.5, 0.6) is 0 Å². The van der Waals surface area contributed by atoms with E-state index in [0.29, 0.717) is 30.8 Å². The second-order valence-corrected chi connectivity index (χ2v) is 7.96. The minimum Gasteiger partial charge on any atom is -0.383 e. The minimum atomic E-state index is -0.199. The zero-order chi connectivity index (χ0) is 21.4. The summed E-state index contributed by atoms with van der Waals surface area (Å²) in [5, 5.41) is 0. The van der Waals surface area contributed by atoms with Crippen LogP contribution in [0.4, 0.5) is 0 Å². The van der Waals surface area contributed by atoms with Crippen LogP contribution >= 0.6 is 0 Å². The molecule has 1 fully saturated rings. The van der Waals surface area contributed by atoms with Crippen LogP contribution in [0.3, 0.4) is 0 Å². The van der Waals surface area contributed by atoms with Gasteiger partial charge in [0, 0.05) is 19.2 Å². The number of nitrogens with one attached hydrogen (secondary N) is 2. The summed E-state index contributed by atoms with van der Waals surface area (Å²) in [6, 6.07) is 13.2. The number of imidazole rings is 2. The van der Waals surface area contributed by atoms with Crippen molar-refractivity contribution in [1.82, 2.24) is 24.4 Å². The molecule has 2 N–H and O–H groups in total. The van der Waals surface area contributed by atoms with Gasteiger partial charge in [0.2, 0.25) is 0 Å². The zero-order valence-electron chi connectivity index (χ0n) is 17.4. The molecule has 0 aliphatic carbocycles. The Morgan fingerprint density at radius 1 is 1.16 bits per heavy atom. The number of likely N-dealkylation sites (tertiary alicyclic amines) is 1. The average molecular weight is 419 g/mol. The number of benzene rings is 2. The van der Waals surface area contributed by atoms with Crippen molar-refractivity contribution in [2.45, 2.75) is 31.8 Å². The van der Waals surface area contributed by atoms with E-state index in [0.717, 1.165) is 41.6 Å². The molecule has 2 aromatic heterocycles. The Kier molecular flexibility index (Phi) is 5.07. The Bertz CT molecular complexity index is 1270. The second kappa shape index (κ2) is 8.03. The van der Waals surface area contributed by atoms with Gasteiger partial charge in [0.05, 0.1) is 41.3 Å². The third-order valence-electron chi connectivity index (χ3n) is 6.03. The maximum Gasteiger partial charge on any atom is 0.326 e. The van der Waals surface area contributed by atoms with Crippen LogP contribution in [0.25, 0.3) is 22.1 Å². The molecular weight excluding hydrogens is 394 g/mol. The average Bonchev–Trinajstić information content (AvgIpc) is 3.37. The fraction of sp³-hybridized carbons (Fsp3) is 0.348. The molecule has 8 nitrogen and oxygen atoms in total. The number of nitrogens with zero attached hydrogens (tertiary/aromatic N) is 3. The molecule has 31 heavy (non-hydrogen) atoms. The van der Waals surface area contributed by atoms with Gasteiger partial charge in [0.1, 0.15) is 5.82 Å². The molecule has 2 aromatic carbocycles. The smallest absolute Gasteiger partial charge is 0.326 e. The van der Waals surface area contributed by atoms with Crippen molar-refractivity contribution in [3.05, 3.63) is 64.3 Å². The Balaban J connectivity index is 1.47. The predicted octanol–water partition coefficient (Wildman–Crippen LogP) is 3.22. The highest BCUT2D eigenvalue weighted by Crippen LogP contribution is 2.32. The minimum absolute atomic E-state index is 0.0439. The van der Waals surface area contributed by atoms with Gasteiger partial charge in [-0.15, -0.1) is 0 Å². The number of fused-ring (bicyclic) bond motifs is 2. The lowest BCUT2D eigenvalue weighted by Gasteiger charge is -2.34. The molecule has 1 aliphatic rings. The number of aromatic nitrogens is 4. The first kappa shape index (κ1) is 19.6. The van der Waals surface area contributed by atoms with Crippen molar-refractivity contribution in [1.29, 1.82) is 0 Å². The van der Waals surface area contributed by atoms with E-state index in [1.807, 2.05) is 35.2 Å². The van der Waals surface area contributed by atoms with E-state index in [9.17, 15) is 9.59 Å². The normalized spacial score (nSPS) is 16.9. The van der Waals surface area contributed by atoms with Crippen LogP contribution in [0, 0.1) is 0 Å². The van der Waals surface area contributed by atoms with Crippen molar-refractivity contribution < 1.29 is 9.53 Å². The maximum absolute atomic E-state index is 13.5. The summed E-state index contributed by atoms with van der Waals surface area (Å²) in [5.41, 5.74) is 3.68. The Morgan fingerprint density at radius 3 is 2.87 bits per heavy atom. The van der Waals surface area contributed by atoms with Crippen molar-refractivity contribution in [3.63, 3.8) is 0 Å². The van der Waals surface area contributed by atoms with Crippen LogP contribution in [0.2, 0.25) is 0 Å². The van der Waals surface area contributed by atoms with E-state index in [-0.39, 0.29) is 17.6 Å². The quantitative estimate of drug-likeness (QED) is 0.519. The zero-order valence-corrected chi connectivity index (χ0v) is 17.4. The number of methoxy groups -OCH3 is 1. The summed E-state index contributed by atoms with van der Waals surface area (Å²) in [6.07, 6.45) is 2.90. The van der Waals surface area contributed by atoms with Gasteiger partial charge in [0.15, 0.2) is 0 Å². The molecule has 5 rings (SSSR count). The molecule has 0 spiro atoms. The van der Waals surface area contributed by atoms with Crippen molar-refractivity contribution in [3.8, 4) is 0 Å². The summed E-state index contributed by atoms with van der Waals surface area (Å²) in [6.45, 7) is 1.59. The van der Waals surface area contributed by atoms with Gasteiger partial charge < -0.3 is 19.6 Å². The van der Waals surface area contributed by atoms with Crippen molar-refractivity contribution in [2.75, 3.05) is 20.3 Å². The lowest BCUT2D eigenvalue weighted by atomic mass is 10.00. The number of piperidine rings is 1. The summed E-state index contributed by atoms with van der Waals surface area (Å²) >= 11 is 0. The van der Waals surface area contributed by atoms with E-state index < -0.39 is 0 Å². The molecule has 0 saturated carbocycles. The first-order valence-corrected chi connectivity index (χ1v) is 10.6. The van der Waals surface area contributed by atoms with Crippen LogP contribution < -0.4 is 5.69 Å². The maximum atomic E-state index is 13.5. The Hall–Kier alpha value is -3.39. The summed E-state index contributed by atoms with van der Waals surface area (Å²) in [5.74, 6) is 0.784. The highest BCUT2D eigenvalue weighted by molar-refractivity contribution is 5.97. The van der Waals surface area contributed by atoms with E-state index in [2.05, 4.69) is 9.97 Å². The number of hydrogen-bond donors (Lipinski definition) is 2. The summed E-state index contributed by atoms with van der Waals surface area (Å²) < 4.78 is 6.72. The molecule has 1 unspecified atom stereocenters. The third-order valence-corrected chi connectivity index (χ3v) is 6.03. The number of aromatic amines is 2. The van der Waals surface area contributed by atoms with Crippen molar-refractivity contribution >= 4 is 28.0 Å². The van der Waals surface area contributed by atoms with Gasteiger partial charge in [-0.1, -0.05) is 12.1 Å². The fourth-order valence-corrected chi connectivity index (χ4v) is 4.46. The number of ether oxygens (including phenoxy) is 1. The summed E-state index contributed by atoms with van der Waals surface area (Å²) in [7, 11) is 1.60. The highest BCUT2D eigenvalue weighted by Gasteiger charge is 2.31. The lowest BCUT2D eigenvalue weighted by Crippen LogP contribution is -2.39. The predicted molar refractivity (Wildman–Crippen MR) is 118 cm³/mol. The number of amides is 1. The monoisotopic (exact) mass is 419 g/mol. The van der Waals surface area contributed by atoms with E-state index in [1.54, 1.807) is 23.8 Å². The Labute approximate surface area is 178 Å². The Morgan fingerprint density at radius 2 is 2.03 bits per heavy atom. The number of H-pyrrole nitrogens is 2. The molecule has 0 bridgehead atoms. The second-order valence-electron chi connectivity index (χ2n) is 7.96. The number of carbonyl (C=O) groups is 1. The molecule has 3 heterocycles. The fourth-order valence-electron chi connectivity index (χ4n) is 4.46. The molecule has 0 radical (unpaired) electrons. The van der Waals surface area contributed by atoms with Gasteiger partial charge in [-0.05, 0) is 49.6 Å². The molecule has 160 valence electrons. The molecular formula is C23H25N5O3. The first-order chi connectivity index (χ1) is 15.2. The summed E-state index contributed by atoms with van der Waals surface area (Å²) in [4.78, 5) is 38.7. The molecule has 1 aliphatic heterocycles. The topological polar surface area (TPSA) is 96.0 Å². The van der Waals surface area contributed by atoms with E-state index in [1.165, 1.54) is 0 Å². The number of carbonyl (C=O) groups excluding carboxylic acids is 1. The van der Waals surface area contributed by atoms with E-state index >= 15 is 0 Å². The molecule has 1 saturated heterocycles. The van der Waals surface area contributed by atoms with Gasteiger partial charge in [-0.25, -0.2) is 9.78 Å². The van der Waals surface area contributed by atoms with E-state index in [4.69, 9.17) is 9.72 Å².